The number of hydrogen-bond donors (Lipinski definition) is 1. The van der Waals surface area contributed by atoms with Crippen LogP contribution in [0.1, 0.15) is 77.3 Å². The smallest absolute Gasteiger partial charge is 0.127 e. The molecule has 0 amide bonds. The van der Waals surface area contributed by atoms with Crippen LogP contribution in [0.15, 0.2) is 61.7 Å². The summed E-state index contributed by atoms with van der Waals surface area (Å²) < 4.78 is 12.8. The van der Waals surface area contributed by atoms with E-state index in [1.165, 1.54) is 18.4 Å². The molecule has 2 aromatic carbocycles. The second-order valence-corrected chi connectivity index (χ2v) is 12.4. The molecule has 1 N–H and O–H groups in total. The zero-order valence-electron chi connectivity index (χ0n) is 23.6. The van der Waals surface area contributed by atoms with E-state index < -0.39 is 5.60 Å². The van der Waals surface area contributed by atoms with Crippen molar-refractivity contribution in [2.45, 2.75) is 90.3 Å². The third-order valence-electron chi connectivity index (χ3n) is 9.31. The summed E-state index contributed by atoms with van der Waals surface area (Å²) in [6.45, 7) is 16.6. The second-order valence-electron chi connectivity index (χ2n) is 12.4. The van der Waals surface area contributed by atoms with Crippen molar-refractivity contribution in [3.8, 4) is 22.6 Å². The van der Waals surface area contributed by atoms with E-state index in [-0.39, 0.29) is 11.0 Å². The predicted molar refractivity (Wildman–Crippen MR) is 154 cm³/mol. The molecule has 0 spiro atoms. The van der Waals surface area contributed by atoms with Crippen molar-refractivity contribution < 1.29 is 14.6 Å². The van der Waals surface area contributed by atoms with Gasteiger partial charge in [-0.05, 0) is 124 Å². The molecule has 0 aromatic heterocycles. The van der Waals surface area contributed by atoms with Gasteiger partial charge >= 0.3 is 0 Å². The first-order chi connectivity index (χ1) is 17.5. The Morgan fingerprint density at radius 3 is 2.41 bits per heavy atom. The average Bonchev–Trinajstić information content (AvgIpc) is 2.84. The Morgan fingerprint density at radius 2 is 1.73 bits per heavy atom. The fourth-order valence-corrected chi connectivity index (χ4v) is 7.13. The fraction of sp³-hybridized carbons (Fsp3) is 0.529. The van der Waals surface area contributed by atoms with Gasteiger partial charge < -0.3 is 14.6 Å². The number of rotatable bonds is 9. The highest BCUT2D eigenvalue weighted by Gasteiger charge is 2.54. The Kier molecular flexibility index (Phi) is 7.95. The summed E-state index contributed by atoms with van der Waals surface area (Å²) in [5.74, 6) is 2.50. The summed E-state index contributed by atoms with van der Waals surface area (Å²) in [6, 6.07) is 13.0. The highest BCUT2D eigenvalue weighted by Crippen LogP contribution is 2.58. The van der Waals surface area contributed by atoms with Gasteiger partial charge in [-0.1, -0.05) is 31.2 Å². The number of aliphatic hydroxyl groups is 1. The van der Waals surface area contributed by atoms with Crippen molar-refractivity contribution >= 4 is 0 Å². The first-order valence-corrected chi connectivity index (χ1v) is 14.0. The lowest BCUT2D eigenvalue weighted by Crippen LogP contribution is -2.56. The summed E-state index contributed by atoms with van der Waals surface area (Å²) >= 11 is 0. The molecule has 0 aliphatic heterocycles. The fourth-order valence-electron chi connectivity index (χ4n) is 7.13. The van der Waals surface area contributed by atoms with Crippen LogP contribution < -0.4 is 9.47 Å². The number of hydrogen-bond acceptors (Lipinski definition) is 3. The van der Waals surface area contributed by atoms with Gasteiger partial charge in [0.2, 0.25) is 0 Å². The van der Waals surface area contributed by atoms with Crippen LogP contribution in [-0.2, 0) is 12.8 Å². The topological polar surface area (TPSA) is 38.7 Å². The van der Waals surface area contributed by atoms with E-state index in [1.54, 1.807) is 7.11 Å². The molecule has 2 aliphatic rings. The minimum absolute atomic E-state index is 0.245. The number of benzene rings is 2. The quantitative estimate of drug-likeness (QED) is 0.350. The van der Waals surface area contributed by atoms with Crippen molar-refractivity contribution in [1.29, 1.82) is 0 Å². The molecule has 0 bridgehead atoms. The van der Waals surface area contributed by atoms with Crippen LogP contribution in [0.5, 0.6) is 11.5 Å². The molecule has 0 unspecified atom stereocenters. The van der Waals surface area contributed by atoms with Crippen LogP contribution in [0.4, 0.5) is 0 Å². The molecular formula is C34H46O3. The van der Waals surface area contributed by atoms with Crippen LogP contribution in [0.2, 0.25) is 0 Å². The van der Waals surface area contributed by atoms with Crippen molar-refractivity contribution in [3.63, 3.8) is 0 Å². The normalized spacial score (nSPS) is 27.7. The number of ether oxygens (including phenoxy) is 2. The van der Waals surface area contributed by atoms with E-state index in [4.69, 9.17) is 9.47 Å². The summed E-state index contributed by atoms with van der Waals surface area (Å²) in [4.78, 5) is 0. The standard InChI is InChI=1S/C34H46O3/c1-8-11-24-13-15-30(28(21-24)25-14-16-29(36-7)26(22-25)12-9-2)37-34(6)19-10-18-33(5)20-17-27(23-31(33)34)32(3,4)35/h8-9,13-16,21-22,27,31,35H,1-2,10-12,17-20,23H2,3-7H3/t27-,31-,33-,34-/m1/s1. The summed E-state index contributed by atoms with van der Waals surface area (Å²) in [7, 11) is 1.72. The van der Waals surface area contributed by atoms with Crippen molar-refractivity contribution in [2.24, 2.45) is 17.3 Å². The summed E-state index contributed by atoms with van der Waals surface area (Å²) in [5, 5.41) is 10.9. The van der Waals surface area contributed by atoms with Gasteiger partial charge in [-0.15, -0.1) is 13.2 Å². The lowest BCUT2D eigenvalue weighted by atomic mass is 9.52. The SMILES string of the molecule is C=CCc1ccc(O[C@]2(C)CCC[C@]3(C)CC[C@@H](C(C)(C)O)C[C@H]32)c(-c2ccc(OC)c(CC=C)c2)c1. The largest absolute Gasteiger partial charge is 0.496 e. The highest BCUT2D eigenvalue weighted by molar-refractivity contribution is 5.73. The molecule has 0 saturated heterocycles. The van der Waals surface area contributed by atoms with Gasteiger partial charge in [0, 0.05) is 11.5 Å². The van der Waals surface area contributed by atoms with Crippen LogP contribution in [0.25, 0.3) is 11.1 Å². The minimum Gasteiger partial charge on any atom is -0.496 e. The molecule has 2 fully saturated rings. The van der Waals surface area contributed by atoms with E-state index in [1.807, 2.05) is 32.1 Å². The van der Waals surface area contributed by atoms with Gasteiger partial charge in [-0.25, -0.2) is 0 Å². The van der Waals surface area contributed by atoms with E-state index >= 15 is 0 Å². The van der Waals surface area contributed by atoms with Gasteiger partial charge in [-0.3, -0.25) is 0 Å². The maximum atomic E-state index is 10.9. The van der Waals surface area contributed by atoms with E-state index in [0.29, 0.717) is 11.8 Å². The first-order valence-electron chi connectivity index (χ1n) is 14.0. The van der Waals surface area contributed by atoms with Crippen molar-refractivity contribution in [3.05, 3.63) is 72.8 Å². The van der Waals surface area contributed by atoms with Gasteiger partial charge in [0.1, 0.15) is 17.1 Å². The number of fused-ring (bicyclic) bond motifs is 1. The Hall–Kier alpha value is -2.52. The number of allylic oxidation sites excluding steroid dienone is 2. The Morgan fingerprint density at radius 1 is 1.00 bits per heavy atom. The van der Waals surface area contributed by atoms with Gasteiger partial charge in [-0.2, -0.15) is 0 Å². The van der Waals surface area contributed by atoms with E-state index in [9.17, 15) is 5.11 Å². The Bertz CT molecular complexity index is 1130. The molecule has 2 saturated carbocycles. The molecule has 0 radical (unpaired) electrons. The van der Waals surface area contributed by atoms with Gasteiger partial charge in [0.15, 0.2) is 0 Å². The van der Waals surface area contributed by atoms with E-state index in [0.717, 1.165) is 66.7 Å². The van der Waals surface area contributed by atoms with Crippen LogP contribution in [0.3, 0.4) is 0 Å². The third kappa shape index (κ3) is 5.67. The predicted octanol–water partition coefficient (Wildman–Crippen LogP) is 8.33. The number of methoxy groups -OCH3 is 1. The van der Waals surface area contributed by atoms with Crippen LogP contribution in [-0.4, -0.2) is 23.4 Å². The lowest BCUT2D eigenvalue weighted by Gasteiger charge is -2.57. The minimum atomic E-state index is -0.665. The molecule has 37 heavy (non-hydrogen) atoms. The molecule has 200 valence electrons. The Labute approximate surface area is 224 Å². The molecule has 4 atom stereocenters. The lowest BCUT2D eigenvalue weighted by molar-refractivity contribution is -0.131. The average molecular weight is 503 g/mol. The van der Waals surface area contributed by atoms with Crippen molar-refractivity contribution in [2.75, 3.05) is 7.11 Å². The van der Waals surface area contributed by atoms with Gasteiger partial charge in [0.05, 0.1) is 12.7 Å². The zero-order chi connectivity index (χ0) is 26.8. The summed E-state index contributed by atoms with van der Waals surface area (Å²) in [6.07, 6.45) is 12.1. The molecule has 0 heterocycles. The monoisotopic (exact) mass is 502 g/mol. The third-order valence-corrected chi connectivity index (χ3v) is 9.31. The zero-order valence-corrected chi connectivity index (χ0v) is 23.6. The van der Waals surface area contributed by atoms with Crippen LogP contribution >= 0.6 is 0 Å². The van der Waals surface area contributed by atoms with Gasteiger partial charge in [0.25, 0.3) is 0 Å². The molecule has 4 rings (SSSR count). The summed E-state index contributed by atoms with van der Waals surface area (Å²) in [5.41, 5.74) is 3.86. The maximum Gasteiger partial charge on any atom is 0.127 e. The molecule has 3 nitrogen and oxygen atoms in total. The molecular weight excluding hydrogens is 456 g/mol. The van der Waals surface area contributed by atoms with Crippen molar-refractivity contribution in [1.82, 2.24) is 0 Å². The molecule has 2 aromatic rings. The van der Waals surface area contributed by atoms with E-state index in [2.05, 4.69) is 57.3 Å². The highest BCUT2D eigenvalue weighted by atomic mass is 16.5. The molecule has 2 aliphatic carbocycles. The second kappa shape index (κ2) is 10.7. The maximum absolute atomic E-state index is 10.9. The van der Waals surface area contributed by atoms with Crippen LogP contribution in [0, 0.1) is 17.3 Å². The first kappa shape index (κ1) is 27.5. The Balaban J connectivity index is 1.76. The molecule has 3 heteroatoms.